The first-order valence-electron chi connectivity index (χ1n) is 3.44. The van der Waals surface area contributed by atoms with Gasteiger partial charge in [0.1, 0.15) is 16.3 Å². The van der Waals surface area contributed by atoms with Crippen molar-refractivity contribution in [1.82, 2.24) is 9.38 Å². The number of nitrogens with zero attached hydrogens (tertiary/aromatic N) is 3. The van der Waals surface area contributed by atoms with Gasteiger partial charge in [0.25, 0.3) is 0 Å². The van der Waals surface area contributed by atoms with E-state index in [1.54, 1.807) is 6.07 Å². The van der Waals surface area contributed by atoms with Gasteiger partial charge in [-0.2, -0.15) is 5.26 Å². The van der Waals surface area contributed by atoms with Gasteiger partial charge in [-0.1, -0.05) is 0 Å². The SMILES string of the molecule is N#Cc1cc2nc(Br)cn2cc1Br. The third-order valence-electron chi connectivity index (χ3n) is 1.64. The van der Waals surface area contributed by atoms with E-state index < -0.39 is 0 Å². The second-order valence-corrected chi connectivity index (χ2v) is 4.14. The van der Waals surface area contributed by atoms with Crippen molar-refractivity contribution >= 4 is 37.5 Å². The minimum Gasteiger partial charge on any atom is -0.305 e. The van der Waals surface area contributed by atoms with Gasteiger partial charge in [-0.15, -0.1) is 0 Å². The van der Waals surface area contributed by atoms with E-state index in [1.165, 1.54) is 0 Å². The molecule has 0 spiro atoms. The molecule has 0 atom stereocenters. The molecule has 2 rings (SSSR count). The highest BCUT2D eigenvalue weighted by molar-refractivity contribution is 9.10. The van der Waals surface area contributed by atoms with Crippen LogP contribution in [0.5, 0.6) is 0 Å². The van der Waals surface area contributed by atoms with Crippen LogP contribution < -0.4 is 0 Å². The molecule has 3 nitrogen and oxygen atoms in total. The van der Waals surface area contributed by atoms with Crippen molar-refractivity contribution < 1.29 is 0 Å². The summed E-state index contributed by atoms with van der Waals surface area (Å²) in [6.45, 7) is 0. The summed E-state index contributed by atoms with van der Waals surface area (Å²) in [7, 11) is 0. The summed E-state index contributed by atoms with van der Waals surface area (Å²) in [4.78, 5) is 4.17. The van der Waals surface area contributed by atoms with Crippen molar-refractivity contribution in [3.05, 3.63) is 33.1 Å². The highest BCUT2D eigenvalue weighted by atomic mass is 79.9. The summed E-state index contributed by atoms with van der Waals surface area (Å²) >= 11 is 6.57. The Hall–Kier alpha value is -0.860. The van der Waals surface area contributed by atoms with Gasteiger partial charge in [-0.05, 0) is 31.9 Å². The quantitative estimate of drug-likeness (QED) is 0.750. The zero-order valence-electron chi connectivity index (χ0n) is 6.33. The third-order valence-corrected chi connectivity index (χ3v) is 2.65. The first-order valence-corrected chi connectivity index (χ1v) is 5.03. The van der Waals surface area contributed by atoms with Crippen molar-refractivity contribution in [1.29, 1.82) is 5.26 Å². The highest BCUT2D eigenvalue weighted by Crippen LogP contribution is 2.19. The lowest BCUT2D eigenvalue weighted by Crippen LogP contribution is -1.86. The minimum atomic E-state index is 0.589. The fourth-order valence-corrected chi connectivity index (χ4v) is 1.89. The largest absolute Gasteiger partial charge is 0.305 e. The predicted octanol–water partition coefficient (Wildman–Crippen LogP) is 2.73. The van der Waals surface area contributed by atoms with Crippen molar-refractivity contribution in [3.63, 3.8) is 0 Å². The van der Waals surface area contributed by atoms with Gasteiger partial charge in [-0.3, -0.25) is 0 Å². The Morgan fingerprint density at radius 3 is 2.85 bits per heavy atom. The molecule has 0 aromatic carbocycles. The van der Waals surface area contributed by atoms with Crippen LogP contribution in [0.15, 0.2) is 27.5 Å². The highest BCUT2D eigenvalue weighted by Gasteiger charge is 2.03. The first-order chi connectivity index (χ1) is 6.20. The maximum atomic E-state index is 8.76. The molecule has 0 bridgehead atoms. The van der Waals surface area contributed by atoms with Crippen LogP contribution in [0, 0.1) is 11.3 Å². The molecule has 0 unspecified atom stereocenters. The van der Waals surface area contributed by atoms with Gasteiger partial charge in [0.15, 0.2) is 0 Å². The van der Waals surface area contributed by atoms with E-state index in [1.807, 2.05) is 16.8 Å². The monoisotopic (exact) mass is 299 g/mol. The standard InChI is InChI=1S/C8H3Br2N3/c9-6-3-13-4-7(10)12-8(13)1-5(6)2-11/h1,3-4H. The molecule has 13 heavy (non-hydrogen) atoms. The van der Waals surface area contributed by atoms with E-state index in [2.05, 4.69) is 42.9 Å². The Balaban J connectivity index is 2.82. The van der Waals surface area contributed by atoms with Crippen LogP contribution in [0.2, 0.25) is 0 Å². The Labute approximate surface area is 91.3 Å². The molecular weight excluding hydrogens is 298 g/mol. The van der Waals surface area contributed by atoms with Crippen molar-refractivity contribution in [2.24, 2.45) is 0 Å². The molecule has 0 fully saturated rings. The minimum absolute atomic E-state index is 0.589. The summed E-state index contributed by atoms with van der Waals surface area (Å²) in [6, 6.07) is 3.81. The van der Waals surface area contributed by atoms with Gasteiger partial charge < -0.3 is 4.40 Å². The third kappa shape index (κ3) is 1.47. The Morgan fingerprint density at radius 2 is 2.15 bits per heavy atom. The summed E-state index contributed by atoms with van der Waals surface area (Å²) in [5.41, 5.74) is 1.34. The number of pyridine rings is 1. The van der Waals surface area contributed by atoms with E-state index in [9.17, 15) is 0 Å². The second-order valence-electron chi connectivity index (χ2n) is 2.48. The molecule has 0 N–H and O–H groups in total. The number of rotatable bonds is 0. The lowest BCUT2D eigenvalue weighted by molar-refractivity contribution is 1.17. The van der Waals surface area contributed by atoms with Gasteiger partial charge in [0.05, 0.1) is 10.0 Å². The van der Waals surface area contributed by atoms with E-state index in [0.29, 0.717) is 5.56 Å². The summed E-state index contributed by atoms with van der Waals surface area (Å²) in [5, 5.41) is 8.76. The molecule has 0 amide bonds. The molecule has 2 aromatic rings. The lowest BCUT2D eigenvalue weighted by Gasteiger charge is -1.96. The number of hydrogen-bond acceptors (Lipinski definition) is 2. The van der Waals surface area contributed by atoms with Crippen LogP contribution in [0.4, 0.5) is 0 Å². The van der Waals surface area contributed by atoms with Crippen LogP contribution in [-0.4, -0.2) is 9.38 Å². The molecule has 5 heteroatoms. The van der Waals surface area contributed by atoms with E-state index >= 15 is 0 Å². The topological polar surface area (TPSA) is 41.1 Å². The summed E-state index contributed by atoms with van der Waals surface area (Å²) < 4.78 is 3.37. The van der Waals surface area contributed by atoms with Crippen molar-refractivity contribution in [2.75, 3.05) is 0 Å². The number of imidazole rings is 1. The number of fused-ring (bicyclic) bond motifs is 1. The molecule has 0 aliphatic heterocycles. The van der Waals surface area contributed by atoms with Crippen molar-refractivity contribution in [3.8, 4) is 6.07 Å². The fraction of sp³-hybridized carbons (Fsp3) is 0. The summed E-state index contributed by atoms with van der Waals surface area (Å²) in [5.74, 6) is 0. The fourth-order valence-electron chi connectivity index (χ4n) is 1.06. The maximum absolute atomic E-state index is 8.76. The van der Waals surface area contributed by atoms with Gasteiger partial charge in [0.2, 0.25) is 0 Å². The molecular formula is C8H3Br2N3. The number of aromatic nitrogens is 2. The van der Waals surface area contributed by atoms with Crippen LogP contribution in [0.25, 0.3) is 5.65 Å². The van der Waals surface area contributed by atoms with Crippen LogP contribution in [-0.2, 0) is 0 Å². The Bertz CT molecular complexity index is 510. The molecule has 2 aromatic heterocycles. The second kappa shape index (κ2) is 3.13. The average Bonchev–Trinajstić information content (AvgIpc) is 2.42. The molecule has 2 heterocycles. The first kappa shape index (κ1) is 8.73. The molecule has 0 saturated heterocycles. The lowest BCUT2D eigenvalue weighted by atomic mass is 10.3. The van der Waals surface area contributed by atoms with Gasteiger partial charge in [-0.25, -0.2) is 4.98 Å². The smallest absolute Gasteiger partial charge is 0.139 e. The van der Waals surface area contributed by atoms with Crippen LogP contribution in [0.3, 0.4) is 0 Å². The molecule has 64 valence electrons. The van der Waals surface area contributed by atoms with Gasteiger partial charge in [0, 0.05) is 18.5 Å². The van der Waals surface area contributed by atoms with Crippen LogP contribution >= 0.6 is 31.9 Å². The van der Waals surface area contributed by atoms with Crippen LogP contribution in [0.1, 0.15) is 5.56 Å². The normalized spacial score (nSPS) is 10.2. The summed E-state index contributed by atoms with van der Waals surface area (Å²) in [6.07, 6.45) is 3.65. The number of hydrogen-bond donors (Lipinski definition) is 0. The molecule has 0 radical (unpaired) electrons. The average molecular weight is 301 g/mol. The molecule has 0 aliphatic rings. The zero-order chi connectivity index (χ0) is 9.42. The van der Waals surface area contributed by atoms with Crippen molar-refractivity contribution in [2.45, 2.75) is 0 Å². The molecule has 0 saturated carbocycles. The van der Waals surface area contributed by atoms with Gasteiger partial charge >= 0.3 is 0 Å². The molecule has 0 aliphatic carbocycles. The Morgan fingerprint density at radius 1 is 1.38 bits per heavy atom. The maximum Gasteiger partial charge on any atom is 0.139 e. The number of halogens is 2. The van der Waals surface area contributed by atoms with E-state index in [0.717, 1.165) is 14.7 Å². The van der Waals surface area contributed by atoms with E-state index in [-0.39, 0.29) is 0 Å². The zero-order valence-corrected chi connectivity index (χ0v) is 9.50. The predicted molar refractivity (Wildman–Crippen MR) is 55.3 cm³/mol. The Kier molecular flexibility index (Phi) is 2.10. The van der Waals surface area contributed by atoms with E-state index in [4.69, 9.17) is 5.26 Å². The number of nitriles is 1.